The number of nitrogens with zero attached hydrogens (tertiary/aromatic N) is 3. The first-order valence-corrected chi connectivity index (χ1v) is 7.64. The molecule has 0 bridgehead atoms. The molecule has 2 unspecified atom stereocenters. The predicted octanol–water partition coefficient (Wildman–Crippen LogP) is 3.75. The number of hydrogen-bond donors (Lipinski definition) is 0. The third-order valence-corrected chi connectivity index (χ3v) is 4.48. The second-order valence-corrected chi connectivity index (χ2v) is 6.33. The molecule has 1 fully saturated rings. The lowest BCUT2D eigenvalue weighted by Crippen LogP contribution is -1.86. The molecule has 1 heterocycles. The largest absolute Gasteiger partial charge is 0.339 e. The molecule has 6 heteroatoms. The Morgan fingerprint density at radius 1 is 1.42 bits per heavy atom. The molecular weight excluding hydrogens is 326 g/mol. The summed E-state index contributed by atoms with van der Waals surface area (Å²) < 4.78 is 6.26. The molecule has 1 aromatic heterocycles. The van der Waals surface area contributed by atoms with Gasteiger partial charge in [0, 0.05) is 9.37 Å². The Hall–Kier alpha value is -1.32. The Bertz CT molecular complexity index is 620. The maximum atomic E-state index is 8.77. The Labute approximate surface area is 123 Å². The van der Waals surface area contributed by atoms with Gasteiger partial charge in [0.05, 0.1) is 23.7 Å². The van der Waals surface area contributed by atoms with Gasteiger partial charge in [-0.05, 0) is 30.7 Å². The molecule has 1 aromatic carbocycles. The number of rotatable bonds is 4. The number of hydrogen-bond acceptors (Lipinski definition) is 5. The normalized spacial score (nSPS) is 21.1. The van der Waals surface area contributed by atoms with Crippen molar-refractivity contribution < 1.29 is 4.52 Å². The highest BCUT2D eigenvalue weighted by molar-refractivity contribution is 9.10. The van der Waals surface area contributed by atoms with E-state index in [-0.39, 0.29) is 11.8 Å². The van der Waals surface area contributed by atoms with Crippen LogP contribution < -0.4 is 0 Å². The summed E-state index contributed by atoms with van der Waals surface area (Å²) in [6, 6.07) is 10.3. The summed E-state index contributed by atoms with van der Waals surface area (Å²) in [5.41, 5.74) is 0. The first-order chi connectivity index (χ1) is 9.26. The summed E-state index contributed by atoms with van der Waals surface area (Å²) in [6.07, 6.45) is 0.845. The summed E-state index contributed by atoms with van der Waals surface area (Å²) in [6.45, 7) is 0. The molecule has 19 heavy (non-hydrogen) atoms. The highest BCUT2D eigenvalue weighted by Crippen LogP contribution is 2.46. The quantitative estimate of drug-likeness (QED) is 0.796. The van der Waals surface area contributed by atoms with Gasteiger partial charge < -0.3 is 4.52 Å². The van der Waals surface area contributed by atoms with E-state index in [4.69, 9.17) is 9.78 Å². The van der Waals surface area contributed by atoms with Gasteiger partial charge in [-0.25, -0.2) is 0 Å². The molecule has 2 atom stereocenters. The van der Waals surface area contributed by atoms with Crippen molar-refractivity contribution in [2.75, 3.05) is 0 Å². The van der Waals surface area contributed by atoms with E-state index in [9.17, 15) is 0 Å². The fourth-order valence-corrected chi connectivity index (χ4v) is 2.77. The monoisotopic (exact) mass is 335 g/mol. The molecule has 0 N–H and O–H groups in total. The van der Waals surface area contributed by atoms with Gasteiger partial charge >= 0.3 is 0 Å². The molecule has 1 aliphatic rings. The molecular formula is C13H10BrN3OS. The molecule has 96 valence electrons. The zero-order chi connectivity index (χ0) is 13.2. The lowest BCUT2D eigenvalue weighted by molar-refractivity contribution is 0.373. The van der Waals surface area contributed by atoms with Gasteiger partial charge in [0.2, 0.25) is 5.89 Å². The van der Waals surface area contributed by atoms with Gasteiger partial charge in [-0.2, -0.15) is 10.2 Å². The number of aromatic nitrogens is 2. The van der Waals surface area contributed by atoms with Crippen molar-refractivity contribution in [1.29, 1.82) is 5.26 Å². The van der Waals surface area contributed by atoms with E-state index in [0.29, 0.717) is 17.5 Å². The number of halogens is 1. The van der Waals surface area contributed by atoms with Crippen LogP contribution in [0.15, 0.2) is 38.2 Å². The molecule has 0 radical (unpaired) electrons. The van der Waals surface area contributed by atoms with Crippen LogP contribution in [0, 0.1) is 17.2 Å². The zero-order valence-electron chi connectivity index (χ0n) is 9.91. The van der Waals surface area contributed by atoms with Crippen LogP contribution in [-0.2, 0) is 5.75 Å². The van der Waals surface area contributed by atoms with Crippen LogP contribution in [0.4, 0.5) is 0 Å². The van der Waals surface area contributed by atoms with Crippen LogP contribution in [0.5, 0.6) is 0 Å². The van der Waals surface area contributed by atoms with Crippen LogP contribution >= 0.6 is 27.7 Å². The van der Waals surface area contributed by atoms with Crippen LogP contribution in [0.1, 0.15) is 24.1 Å². The molecule has 0 spiro atoms. The maximum absolute atomic E-state index is 8.77. The van der Waals surface area contributed by atoms with Crippen molar-refractivity contribution in [1.82, 2.24) is 10.1 Å². The van der Waals surface area contributed by atoms with Crippen molar-refractivity contribution in [3.8, 4) is 6.07 Å². The maximum Gasteiger partial charge on any atom is 0.231 e. The van der Waals surface area contributed by atoms with E-state index < -0.39 is 0 Å². The molecule has 3 rings (SSSR count). The summed E-state index contributed by atoms with van der Waals surface area (Å²) in [5, 5.41) is 12.7. The van der Waals surface area contributed by atoms with Crippen LogP contribution in [0.3, 0.4) is 0 Å². The smallest absolute Gasteiger partial charge is 0.231 e. The van der Waals surface area contributed by atoms with Crippen molar-refractivity contribution in [2.45, 2.75) is 23.0 Å². The van der Waals surface area contributed by atoms with Gasteiger partial charge in [0.1, 0.15) is 0 Å². The van der Waals surface area contributed by atoms with E-state index in [2.05, 4.69) is 32.1 Å². The Kier molecular flexibility index (Phi) is 3.58. The molecule has 0 amide bonds. The minimum atomic E-state index is 0.0624. The predicted molar refractivity (Wildman–Crippen MR) is 74.5 cm³/mol. The van der Waals surface area contributed by atoms with E-state index in [1.165, 1.54) is 0 Å². The molecule has 4 nitrogen and oxygen atoms in total. The summed E-state index contributed by atoms with van der Waals surface area (Å²) in [4.78, 5) is 5.51. The van der Waals surface area contributed by atoms with Crippen LogP contribution in [0.25, 0.3) is 0 Å². The van der Waals surface area contributed by atoms with E-state index in [0.717, 1.165) is 15.8 Å². The average molecular weight is 336 g/mol. The minimum absolute atomic E-state index is 0.0624. The second-order valence-electron chi connectivity index (χ2n) is 4.37. The summed E-state index contributed by atoms with van der Waals surface area (Å²) >= 11 is 5.07. The van der Waals surface area contributed by atoms with Crippen LogP contribution in [0.2, 0.25) is 0 Å². The Morgan fingerprint density at radius 3 is 2.89 bits per heavy atom. The second kappa shape index (κ2) is 5.35. The highest BCUT2D eigenvalue weighted by atomic mass is 79.9. The van der Waals surface area contributed by atoms with Crippen molar-refractivity contribution in [2.24, 2.45) is 5.92 Å². The van der Waals surface area contributed by atoms with Gasteiger partial charge in [-0.15, -0.1) is 11.8 Å². The zero-order valence-corrected chi connectivity index (χ0v) is 12.3. The first-order valence-electron chi connectivity index (χ1n) is 5.87. The van der Waals surface area contributed by atoms with Crippen LogP contribution in [-0.4, -0.2) is 10.1 Å². The highest BCUT2D eigenvalue weighted by Gasteiger charge is 2.43. The number of benzene rings is 1. The van der Waals surface area contributed by atoms with Gasteiger partial charge in [-0.3, -0.25) is 0 Å². The lowest BCUT2D eigenvalue weighted by Gasteiger charge is -1.97. The SMILES string of the molecule is N#CC1CC1c1nc(CSc2ccc(Br)cc2)no1. The van der Waals surface area contributed by atoms with E-state index in [1.54, 1.807) is 11.8 Å². The Balaban J connectivity index is 1.59. The fourth-order valence-electron chi connectivity index (χ4n) is 1.77. The van der Waals surface area contributed by atoms with Crippen molar-refractivity contribution >= 4 is 27.7 Å². The molecule has 0 aliphatic heterocycles. The average Bonchev–Trinajstić information content (AvgIpc) is 3.08. The minimum Gasteiger partial charge on any atom is -0.339 e. The number of nitriles is 1. The van der Waals surface area contributed by atoms with Gasteiger partial charge in [0.15, 0.2) is 5.82 Å². The van der Waals surface area contributed by atoms with E-state index in [1.807, 2.05) is 24.3 Å². The fraction of sp³-hybridized carbons (Fsp3) is 0.308. The molecule has 1 saturated carbocycles. The molecule has 1 aliphatic carbocycles. The molecule has 2 aromatic rings. The molecule has 0 saturated heterocycles. The Morgan fingerprint density at radius 2 is 2.21 bits per heavy atom. The first kappa shape index (κ1) is 12.7. The third kappa shape index (κ3) is 2.99. The summed E-state index contributed by atoms with van der Waals surface area (Å²) in [7, 11) is 0. The van der Waals surface area contributed by atoms with E-state index >= 15 is 0 Å². The number of thioether (sulfide) groups is 1. The van der Waals surface area contributed by atoms with Gasteiger partial charge in [-0.1, -0.05) is 21.1 Å². The topological polar surface area (TPSA) is 62.7 Å². The van der Waals surface area contributed by atoms with Crippen molar-refractivity contribution in [3.63, 3.8) is 0 Å². The van der Waals surface area contributed by atoms with Crippen molar-refractivity contribution in [3.05, 3.63) is 40.5 Å². The van der Waals surface area contributed by atoms with Gasteiger partial charge in [0.25, 0.3) is 0 Å². The standard InChI is InChI=1S/C13H10BrN3OS/c14-9-1-3-10(4-2-9)19-7-12-16-13(18-17-12)11-5-8(11)6-15/h1-4,8,11H,5,7H2. The summed E-state index contributed by atoms with van der Waals surface area (Å²) in [5.74, 6) is 2.19. The third-order valence-electron chi connectivity index (χ3n) is 2.94. The lowest BCUT2D eigenvalue weighted by atomic mass is 10.3.